The molecule has 0 saturated carbocycles. The fourth-order valence-electron chi connectivity index (χ4n) is 2.89. The van der Waals surface area contributed by atoms with Crippen LogP contribution in [0.1, 0.15) is 18.4 Å². The molecule has 110 valence electrons. The molecule has 5 heteroatoms. The molecule has 0 bridgehead atoms. The van der Waals surface area contributed by atoms with E-state index in [9.17, 15) is 4.39 Å². The second-order valence-electron chi connectivity index (χ2n) is 5.44. The molecule has 1 aromatic rings. The van der Waals surface area contributed by atoms with Crippen molar-refractivity contribution in [3.05, 3.63) is 34.6 Å². The monoisotopic (exact) mass is 299 g/mol. The van der Waals surface area contributed by atoms with Crippen LogP contribution in [0.5, 0.6) is 0 Å². The van der Waals surface area contributed by atoms with E-state index in [-0.39, 0.29) is 23.0 Å². The van der Waals surface area contributed by atoms with Gasteiger partial charge in [0.25, 0.3) is 0 Å². The van der Waals surface area contributed by atoms with Gasteiger partial charge in [0.2, 0.25) is 0 Å². The second-order valence-corrected chi connectivity index (χ2v) is 5.85. The van der Waals surface area contributed by atoms with Crippen LogP contribution in [0.4, 0.5) is 4.39 Å². The van der Waals surface area contributed by atoms with Crippen molar-refractivity contribution >= 4 is 11.6 Å². The molecule has 2 saturated heterocycles. The van der Waals surface area contributed by atoms with Gasteiger partial charge in [-0.2, -0.15) is 0 Å². The third-order valence-electron chi connectivity index (χ3n) is 3.95. The van der Waals surface area contributed by atoms with Gasteiger partial charge < -0.3 is 9.47 Å². The third kappa shape index (κ3) is 3.31. The van der Waals surface area contributed by atoms with Gasteiger partial charge in [0, 0.05) is 26.2 Å². The van der Waals surface area contributed by atoms with E-state index in [4.69, 9.17) is 21.1 Å². The molecule has 0 N–H and O–H groups in total. The van der Waals surface area contributed by atoms with Crippen LogP contribution in [0.2, 0.25) is 5.02 Å². The first-order valence-electron chi connectivity index (χ1n) is 7.12. The Labute approximate surface area is 123 Å². The van der Waals surface area contributed by atoms with Crippen LogP contribution in [0.3, 0.4) is 0 Å². The Bertz CT molecular complexity index is 465. The Morgan fingerprint density at radius 1 is 1.25 bits per heavy atom. The van der Waals surface area contributed by atoms with E-state index in [1.54, 1.807) is 6.07 Å². The Morgan fingerprint density at radius 2 is 2.10 bits per heavy atom. The summed E-state index contributed by atoms with van der Waals surface area (Å²) in [5, 5.41) is 0.174. The molecular weight excluding hydrogens is 281 g/mol. The van der Waals surface area contributed by atoms with Gasteiger partial charge in [-0.1, -0.05) is 17.7 Å². The van der Waals surface area contributed by atoms with E-state index in [2.05, 4.69) is 4.90 Å². The largest absolute Gasteiger partial charge is 0.375 e. The summed E-state index contributed by atoms with van der Waals surface area (Å²) < 4.78 is 25.0. The SMILES string of the molecule is Fc1cc(CN2CCO[C@@H]([C@H]3CCCO3)C2)ccc1Cl. The molecule has 2 aliphatic heterocycles. The molecule has 2 heterocycles. The predicted molar refractivity (Wildman–Crippen MR) is 75.4 cm³/mol. The van der Waals surface area contributed by atoms with Crippen LogP contribution in [0.25, 0.3) is 0 Å². The lowest BCUT2D eigenvalue weighted by Gasteiger charge is -2.35. The summed E-state index contributed by atoms with van der Waals surface area (Å²) in [6, 6.07) is 5.01. The topological polar surface area (TPSA) is 21.7 Å². The highest BCUT2D eigenvalue weighted by Crippen LogP contribution is 2.22. The Balaban J connectivity index is 1.60. The van der Waals surface area contributed by atoms with Crippen molar-refractivity contribution in [1.29, 1.82) is 0 Å². The smallest absolute Gasteiger partial charge is 0.142 e. The van der Waals surface area contributed by atoms with Crippen molar-refractivity contribution < 1.29 is 13.9 Å². The van der Waals surface area contributed by atoms with Gasteiger partial charge in [0.05, 0.1) is 23.8 Å². The summed E-state index contributed by atoms with van der Waals surface area (Å²) >= 11 is 5.71. The Morgan fingerprint density at radius 3 is 2.85 bits per heavy atom. The number of ether oxygens (including phenoxy) is 2. The summed E-state index contributed by atoms with van der Waals surface area (Å²) in [7, 11) is 0. The van der Waals surface area contributed by atoms with Crippen molar-refractivity contribution in [1.82, 2.24) is 4.90 Å². The van der Waals surface area contributed by atoms with Gasteiger partial charge in [-0.15, -0.1) is 0 Å². The molecule has 0 aliphatic carbocycles. The summed E-state index contributed by atoms with van der Waals surface area (Å²) in [6.07, 6.45) is 2.56. The molecule has 0 radical (unpaired) electrons. The first-order valence-corrected chi connectivity index (χ1v) is 7.49. The Hall–Kier alpha value is -0.680. The van der Waals surface area contributed by atoms with Gasteiger partial charge >= 0.3 is 0 Å². The summed E-state index contributed by atoms with van der Waals surface area (Å²) in [5.41, 5.74) is 0.944. The van der Waals surface area contributed by atoms with Crippen LogP contribution >= 0.6 is 11.6 Å². The maximum Gasteiger partial charge on any atom is 0.142 e. The fourth-order valence-corrected chi connectivity index (χ4v) is 3.01. The first kappa shape index (κ1) is 14.3. The summed E-state index contributed by atoms with van der Waals surface area (Å²) in [5.74, 6) is -0.354. The van der Waals surface area contributed by atoms with Crippen LogP contribution in [-0.4, -0.2) is 43.4 Å². The van der Waals surface area contributed by atoms with Gasteiger partial charge in [0.1, 0.15) is 5.82 Å². The zero-order chi connectivity index (χ0) is 13.9. The number of hydrogen-bond donors (Lipinski definition) is 0. The molecular formula is C15H19ClFNO2. The number of nitrogens with zero attached hydrogens (tertiary/aromatic N) is 1. The number of rotatable bonds is 3. The average Bonchev–Trinajstić information content (AvgIpc) is 2.97. The molecule has 0 spiro atoms. The third-order valence-corrected chi connectivity index (χ3v) is 4.25. The average molecular weight is 300 g/mol. The minimum absolute atomic E-state index is 0.142. The predicted octanol–water partition coefficient (Wildman–Crippen LogP) is 2.86. The normalized spacial score (nSPS) is 27.9. The summed E-state index contributed by atoms with van der Waals surface area (Å²) in [4.78, 5) is 2.29. The standard InChI is InChI=1S/C15H19ClFNO2/c16-12-4-3-11(8-13(12)17)9-18-5-7-20-15(10-18)14-2-1-6-19-14/h3-4,8,14-15H,1-2,5-7,9-10H2/t14-,15-/m1/s1. The lowest BCUT2D eigenvalue weighted by atomic mass is 10.1. The van der Waals surface area contributed by atoms with Crippen LogP contribution in [0, 0.1) is 5.82 Å². The van der Waals surface area contributed by atoms with Crippen molar-refractivity contribution in [3.8, 4) is 0 Å². The van der Waals surface area contributed by atoms with Crippen LogP contribution in [-0.2, 0) is 16.0 Å². The van der Waals surface area contributed by atoms with E-state index in [0.717, 1.165) is 44.6 Å². The highest BCUT2D eigenvalue weighted by molar-refractivity contribution is 6.30. The number of morpholine rings is 1. The molecule has 0 amide bonds. The maximum absolute atomic E-state index is 13.5. The maximum atomic E-state index is 13.5. The number of benzene rings is 1. The summed E-state index contributed by atoms with van der Waals surface area (Å²) in [6.45, 7) is 3.98. The molecule has 0 unspecified atom stereocenters. The molecule has 0 aromatic heterocycles. The molecule has 2 atom stereocenters. The lowest BCUT2D eigenvalue weighted by molar-refractivity contribution is -0.0960. The highest BCUT2D eigenvalue weighted by atomic mass is 35.5. The van der Waals surface area contributed by atoms with Gasteiger partial charge in [0.15, 0.2) is 0 Å². The first-order chi connectivity index (χ1) is 9.72. The molecule has 2 aliphatic rings. The second kappa shape index (κ2) is 6.39. The molecule has 1 aromatic carbocycles. The van der Waals surface area contributed by atoms with Crippen LogP contribution < -0.4 is 0 Å². The van der Waals surface area contributed by atoms with E-state index in [1.165, 1.54) is 6.07 Å². The number of hydrogen-bond acceptors (Lipinski definition) is 3. The minimum atomic E-state index is -0.354. The zero-order valence-corrected chi connectivity index (χ0v) is 12.1. The Kier molecular flexibility index (Phi) is 4.56. The van der Waals surface area contributed by atoms with Crippen molar-refractivity contribution in [2.75, 3.05) is 26.3 Å². The number of halogens is 2. The van der Waals surface area contributed by atoms with E-state index in [1.807, 2.05) is 6.07 Å². The highest BCUT2D eigenvalue weighted by Gasteiger charge is 2.31. The fraction of sp³-hybridized carbons (Fsp3) is 0.600. The zero-order valence-electron chi connectivity index (χ0n) is 11.4. The molecule has 2 fully saturated rings. The quantitative estimate of drug-likeness (QED) is 0.857. The molecule has 20 heavy (non-hydrogen) atoms. The van der Waals surface area contributed by atoms with Crippen LogP contribution in [0.15, 0.2) is 18.2 Å². The van der Waals surface area contributed by atoms with Gasteiger partial charge in [-0.25, -0.2) is 4.39 Å². The lowest BCUT2D eigenvalue weighted by Crippen LogP contribution is -2.47. The van der Waals surface area contributed by atoms with Gasteiger partial charge in [-0.05, 0) is 30.5 Å². The van der Waals surface area contributed by atoms with Crippen molar-refractivity contribution in [2.24, 2.45) is 0 Å². The van der Waals surface area contributed by atoms with Crippen molar-refractivity contribution in [3.63, 3.8) is 0 Å². The van der Waals surface area contributed by atoms with Gasteiger partial charge in [-0.3, -0.25) is 4.90 Å². The van der Waals surface area contributed by atoms with E-state index < -0.39 is 0 Å². The van der Waals surface area contributed by atoms with E-state index >= 15 is 0 Å². The van der Waals surface area contributed by atoms with Crippen molar-refractivity contribution in [2.45, 2.75) is 31.6 Å². The van der Waals surface area contributed by atoms with E-state index in [0.29, 0.717) is 6.61 Å². The molecule has 3 nitrogen and oxygen atoms in total. The molecule has 3 rings (SSSR count). The minimum Gasteiger partial charge on any atom is -0.375 e.